The molecule has 0 aromatic heterocycles. The zero-order chi connectivity index (χ0) is 17.8. The first-order chi connectivity index (χ1) is 12.0. The molecule has 5 heteroatoms. The molecular weight excluding hydrogens is 335 g/mol. The second kappa shape index (κ2) is 7.66. The Balaban J connectivity index is 1.95. The molecule has 0 radical (unpaired) electrons. The normalized spacial score (nSPS) is 16.0. The highest BCUT2D eigenvalue weighted by molar-refractivity contribution is 8.14. The Hall–Kier alpha value is -2.40. The van der Waals surface area contributed by atoms with Crippen molar-refractivity contribution in [1.82, 2.24) is 0 Å². The highest BCUT2D eigenvalue weighted by Gasteiger charge is 2.32. The molecule has 3 nitrogen and oxygen atoms in total. The summed E-state index contributed by atoms with van der Waals surface area (Å²) in [5.74, 6) is 0.799. The van der Waals surface area contributed by atoms with Crippen LogP contribution in [-0.4, -0.2) is 16.8 Å². The first-order valence-electron chi connectivity index (χ1n) is 8.13. The molecule has 0 spiro atoms. The monoisotopic (exact) mass is 354 g/mol. The van der Waals surface area contributed by atoms with Crippen molar-refractivity contribution in [3.63, 3.8) is 0 Å². The molecule has 3 rings (SSSR count). The summed E-state index contributed by atoms with van der Waals surface area (Å²) >= 11 is 1.54. The Bertz CT molecular complexity index is 813. The summed E-state index contributed by atoms with van der Waals surface area (Å²) in [6.45, 7) is 4.24. The van der Waals surface area contributed by atoms with E-state index in [0.717, 1.165) is 11.3 Å². The highest BCUT2D eigenvalue weighted by atomic mass is 32.2. The van der Waals surface area contributed by atoms with E-state index in [2.05, 4.69) is 18.8 Å². The van der Waals surface area contributed by atoms with Crippen LogP contribution in [0.2, 0.25) is 0 Å². The number of anilines is 1. The third-order valence-electron chi connectivity index (χ3n) is 3.56. The fraction of sp³-hybridized carbons (Fsp3) is 0.200. The average Bonchev–Trinajstić information content (AvgIpc) is 2.91. The Kier molecular flexibility index (Phi) is 5.34. The SMILES string of the molecule is CC(C)CSC1=NC(=Cc2ccccc2)C(=O)N1c1ccc(F)cc1. The van der Waals surface area contributed by atoms with Gasteiger partial charge in [0.2, 0.25) is 0 Å². The van der Waals surface area contributed by atoms with Gasteiger partial charge in [-0.25, -0.2) is 9.38 Å². The molecule has 0 saturated heterocycles. The van der Waals surface area contributed by atoms with Crippen LogP contribution in [0.1, 0.15) is 19.4 Å². The second-order valence-corrected chi connectivity index (χ2v) is 7.14. The minimum absolute atomic E-state index is 0.193. The number of thioether (sulfide) groups is 1. The van der Waals surface area contributed by atoms with Crippen LogP contribution in [0.3, 0.4) is 0 Å². The number of hydrogen-bond acceptors (Lipinski definition) is 3. The lowest BCUT2D eigenvalue weighted by atomic mass is 10.2. The van der Waals surface area contributed by atoms with E-state index in [0.29, 0.717) is 22.5 Å². The molecule has 0 bridgehead atoms. The topological polar surface area (TPSA) is 32.7 Å². The Labute approximate surface area is 151 Å². The van der Waals surface area contributed by atoms with Gasteiger partial charge in [-0.2, -0.15) is 0 Å². The van der Waals surface area contributed by atoms with Crippen molar-refractivity contribution in [2.24, 2.45) is 10.9 Å². The molecule has 0 fully saturated rings. The number of halogens is 1. The second-order valence-electron chi connectivity index (χ2n) is 6.16. The molecule has 2 aromatic carbocycles. The molecule has 0 N–H and O–H groups in total. The van der Waals surface area contributed by atoms with Crippen molar-refractivity contribution in [3.05, 3.63) is 71.7 Å². The molecule has 1 amide bonds. The number of benzene rings is 2. The van der Waals surface area contributed by atoms with E-state index in [1.165, 1.54) is 23.9 Å². The molecule has 1 heterocycles. The van der Waals surface area contributed by atoms with E-state index in [1.807, 2.05) is 30.3 Å². The van der Waals surface area contributed by atoms with Crippen molar-refractivity contribution in [2.75, 3.05) is 10.7 Å². The fourth-order valence-corrected chi connectivity index (χ4v) is 3.32. The number of rotatable bonds is 4. The maximum absolute atomic E-state index is 13.2. The minimum Gasteiger partial charge on any atom is -0.266 e. The molecule has 0 aliphatic carbocycles. The van der Waals surface area contributed by atoms with Crippen molar-refractivity contribution in [3.8, 4) is 0 Å². The number of hydrogen-bond donors (Lipinski definition) is 0. The van der Waals surface area contributed by atoms with E-state index in [9.17, 15) is 9.18 Å². The predicted octanol–water partition coefficient (Wildman–Crippen LogP) is 4.96. The fourth-order valence-electron chi connectivity index (χ4n) is 2.36. The third kappa shape index (κ3) is 4.17. The van der Waals surface area contributed by atoms with E-state index in [1.54, 1.807) is 23.1 Å². The summed E-state index contributed by atoms with van der Waals surface area (Å²) in [5, 5.41) is 0.632. The first kappa shape index (κ1) is 17.4. The molecule has 0 atom stereocenters. The molecule has 0 saturated carbocycles. The standard InChI is InChI=1S/C20H19FN2OS/c1-14(2)13-25-20-22-18(12-15-6-4-3-5-7-15)19(24)23(20)17-10-8-16(21)9-11-17/h3-12,14H,13H2,1-2H3. The first-order valence-corrected chi connectivity index (χ1v) is 9.11. The van der Waals surface area contributed by atoms with E-state index in [-0.39, 0.29) is 11.7 Å². The maximum Gasteiger partial charge on any atom is 0.283 e. The zero-order valence-corrected chi connectivity index (χ0v) is 15.0. The quantitative estimate of drug-likeness (QED) is 0.727. The van der Waals surface area contributed by atoms with E-state index in [4.69, 9.17) is 0 Å². The molecule has 1 aliphatic heterocycles. The van der Waals surface area contributed by atoms with Crippen molar-refractivity contribution < 1.29 is 9.18 Å². The average molecular weight is 354 g/mol. The lowest BCUT2D eigenvalue weighted by Crippen LogP contribution is -2.30. The van der Waals surface area contributed by atoms with Gasteiger partial charge >= 0.3 is 0 Å². The highest BCUT2D eigenvalue weighted by Crippen LogP contribution is 2.30. The van der Waals surface area contributed by atoms with Crippen LogP contribution in [0.15, 0.2) is 65.3 Å². The Morgan fingerprint density at radius 3 is 2.44 bits per heavy atom. The minimum atomic E-state index is -0.330. The molecule has 25 heavy (non-hydrogen) atoms. The molecule has 128 valence electrons. The number of aliphatic imine (C=N–C) groups is 1. The molecular formula is C20H19FN2OS. The summed E-state index contributed by atoms with van der Waals surface area (Å²) in [7, 11) is 0. The van der Waals surface area contributed by atoms with Gasteiger partial charge in [-0.3, -0.25) is 9.69 Å². The van der Waals surface area contributed by atoms with Gasteiger partial charge < -0.3 is 0 Å². The number of carbonyl (C=O) groups is 1. The number of carbonyl (C=O) groups excluding carboxylic acids is 1. The lowest BCUT2D eigenvalue weighted by Gasteiger charge is -2.18. The zero-order valence-electron chi connectivity index (χ0n) is 14.1. The van der Waals surface area contributed by atoms with Crippen LogP contribution in [-0.2, 0) is 4.79 Å². The van der Waals surface area contributed by atoms with Crippen LogP contribution < -0.4 is 4.90 Å². The van der Waals surface area contributed by atoms with Gasteiger partial charge in [0.15, 0.2) is 5.17 Å². The number of amidine groups is 1. The largest absolute Gasteiger partial charge is 0.283 e. The number of nitrogens with zero attached hydrogens (tertiary/aromatic N) is 2. The lowest BCUT2D eigenvalue weighted by molar-refractivity contribution is -0.113. The summed E-state index contributed by atoms with van der Waals surface area (Å²) in [6.07, 6.45) is 1.78. The van der Waals surface area contributed by atoms with Crippen LogP contribution in [0.25, 0.3) is 6.08 Å². The summed E-state index contributed by atoms with van der Waals surface area (Å²) < 4.78 is 13.2. The van der Waals surface area contributed by atoms with Crippen LogP contribution in [0.5, 0.6) is 0 Å². The maximum atomic E-state index is 13.2. The van der Waals surface area contributed by atoms with Gasteiger partial charge in [0, 0.05) is 5.75 Å². The Morgan fingerprint density at radius 2 is 1.80 bits per heavy atom. The summed E-state index contributed by atoms with van der Waals surface area (Å²) in [5.41, 5.74) is 1.93. The van der Waals surface area contributed by atoms with Gasteiger partial charge in [-0.05, 0) is 41.8 Å². The summed E-state index contributed by atoms with van der Waals surface area (Å²) in [4.78, 5) is 19.0. The van der Waals surface area contributed by atoms with Gasteiger partial charge in [0.1, 0.15) is 11.5 Å². The van der Waals surface area contributed by atoms with Crippen molar-refractivity contribution in [1.29, 1.82) is 0 Å². The van der Waals surface area contributed by atoms with E-state index < -0.39 is 0 Å². The predicted molar refractivity (Wildman–Crippen MR) is 103 cm³/mol. The van der Waals surface area contributed by atoms with Gasteiger partial charge in [0.05, 0.1) is 5.69 Å². The summed E-state index contributed by atoms with van der Waals surface area (Å²) in [6, 6.07) is 15.5. The molecule has 0 unspecified atom stereocenters. The van der Waals surface area contributed by atoms with Crippen molar-refractivity contribution in [2.45, 2.75) is 13.8 Å². The van der Waals surface area contributed by atoms with Crippen LogP contribution in [0.4, 0.5) is 10.1 Å². The van der Waals surface area contributed by atoms with Crippen LogP contribution in [0, 0.1) is 11.7 Å². The van der Waals surface area contributed by atoms with Gasteiger partial charge in [-0.1, -0.05) is 55.9 Å². The van der Waals surface area contributed by atoms with Crippen molar-refractivity contribution >= 4 is 34.6 Å². The third-order valence-corrected chi connectivity index (χ3v) is 4.93. The smallest absolute Gasteiger partial charge is 0.266 e. The molecule has 2 aromatic rings. The number of amides is 1. The molecule has 1 aliphatic rings. The van der Waals surface area contributed by atoms with E-state index >= 15 is 0 Å². The van der Waals surface area contributed by atoms with Crippen LogP contribution >= 0.6 is 11.8 Å². The van der Waals surface area contributed by atoms with Gasteiger partial charge in [-0.15, -0.1) is 0 Å². The Morgan fingerprint density at radius 1 is 1.12 bits per heavy atom. The van der Waals surface area contributed by atoms with Gasteiger partial charge in [0.25, 0.3) is 5.91 Å².